The first kappa shape index (κ1) is 12.3. The molecule has 0 aromatic heterocycles. The molecule has 2 N–H and O–H groups in total. The first-order valence-corrected chi connectivity index (χ1v) is 5.62. The predicted octanol–water partition coefficient (Wildman–Crippen LogP) is 1.18. The third-order valence-corrected chi connectivity index (χ3v) is 2.51. The molecule has 88 valence electrons. The molecule has 0 aromatic carbocycles. The van der Waals surface area contributed by atoms with Crippen molar-refractivity contribution in [3.05, 3.63) is 0 Å². The fraction of sp³-hybridized carbons (Fsp3) is 0.909. The van der Waals surface area contributed by atoms with Gasteiger partial charge in [0.05, 0.1) is 0 Å². The first-order valence-electron chi connectivity index (χ1n) is 5.62. The number of carbonyl (C=O) groups excluding carboxylic acids is 1. The van der Waals surface area contributed by atoms with Crippen LogP contribution in [0, 0.1) is 0 Å². The van der Waals surface area contributed by atoms with Crippen molar-refractivity contribution in [1.29, 1.82) is 0 Å². The minimum absolute atomic E-state index is 0.0448. The highest BCUT2D eigenvalue weighted by Gasteiger charge is 2.28. The third-order valence-electron chi connectivity index (χ3n) is 2.51. The molecule has 1 aliphatic rings. The minimum Gasteiger partial charge on any atom is -0.333 e. The van der Waals surface area contributed by atoms with E-state index in [0.717, 1.165) is 13.1 Å². The number of hydrogen-bond donors (Lipinski definition) is 2. The second-order valence-electron chi connectivity index (χ2n) is 5.49. The van der Waals surface area contributed by atoms with E-state index in [9.17, 15) is 4.79 Å². The summed E-state index contributed by atoms with van der Waals surface area (Å²) in [7, 11) is 0. The van der Waals surface area contributed by atoms with Gasteiger partial charge in [0.1, 0.15) is 0 Å². The van der Waals surface area contributed by atoms with Crippen molar-refractivity contribution in [3.8, 4) is 0 Å². The van der Waals surface area contributed by atoms with Crippen molar-refractivity contribution >= 4 is 6.03 Å². The maximum Gasteiger partial charge on any atom is 0.318 e. The van der Waals surface area contributed by atoms with Crippen LogP contribution in [-0.4, -0.2) is 41.6 Å². The van der Waals surface area contributed by atoms with Crippen molar-refractivity contribution in [1.82, 2.24) is 15.5 Å². The molecule has 0 aromatic rings. The van der Waals surface area contributed by atoms with Gasteiger partial charge in [0.2, 0.25) is 0 Å². The van der Waals surface area contributed by atoms with E-state index in [1.165, 1.54) is 0 Å². The molecule has 1 heterocycles. The summed E-state index contributed by atoms with van der Waals surface area (Å²) in [6, 6.07) is 0.693. The van der Waals surface area contributed by atoms with Crippen LogP contribution in [0.1, 0.15) is 34.6 Å². The summed E-state index contributed by atoms with van der Waals surface area (Å²) in [5.74, 6) is 0. The van der Waals surface area contributed by atoms with Gasteiger partial charge in [0, 0.05) is 30.7 Å². The molecular weight excluding hydrogens is 190 g/mol. The predicted molar refractivity (Wildman–Crippen MR) is 61.9 cm³/mol. The molecule has 2 unspecified atom stereocenters. The summed E-state index contributed by atoms with van der Waals surface area (Å²) in [5.41, 5.74) is -0.162. The monoisotopic (exact) mass is 213 g/mol. The average molecular weight is 213 g/mol. The van der Waals surface area contributed by atoms with Gasteiger partial charge in [-0.15, -0.1) is 0 Å². The second kappa shape index (κ2) is 4.39. The topological polar surface area (TPSA) is 44.4 Å². The Morgan fingerprint density at radius 3 is 2.53 bits per heavy atom. The van der Waals surface area contributed by atoms with E-state index in [1.54, 1.807) is 0 Å². The van der Waals surface area contributed by atoms with Gasteiger partial charge < -0.3 is 15.5 Å². The maximum absolute atomic E-state index is 12.0. The summed E-state index contributed by atoms with van der Waals surface area (Å²) >= 11 is 0. The molecule has 0 saturated carbocycles. The number of piperazine rings is 1. The number of nitrogens with zero attached hydrogens (tertiary/aromatic N) is 1. The molecule has 2 atom stereocenters. The zero-order chi connectivity index (χ0) is 11.6. The molecule has 4 nitrogen and oxygen atoms in total. The Morgan fingerprint density at radius 1 is 1.40 bits per heavy atom. The lowest BCUT2D eigenvalue weighted by molar-refractivity contribution is 0.143. The van der Waals surface area contributed by atoms with Crippen LogP contribution in [0.2, 0.25) is 0 Å². The number of rotatable bonds is 0. The Bertz CT molecular complexity index is 234. The molecule has 0 spiro atoms. The number of nitrogens with one attached hydrogen (secondary N) is 2. The van der Waals surface area contributed by atoms with Crippen LogP contribution in [0.5, 0.6) is 0 Å². The van der Waals surface area contributed by atoms with Crippen LogP contribution in [0.15, 0.2) is 0 Å². The lowest BCUT2D eigenvalue weighted by Gasteiger charge is -2.39. The summed E-state index contributed by atoms with van der Waals surface area (Å²) in [6.07, 6.45) is 0. The van der Waals surface area contributed by atoms with Gasteiger partial charge in [-0.05, 0) is 34.6 Å². The van der Waals surface area contributed by atoms with Crippen molar-refractivity contribution in [3.63, 3.8) is 0 Å². The quantitative estimate of drug-likeness (QED) is 0.634. The number of amides is 2. The van der Waals surface area contributed by atoms with E-state index < -0.39 is 0 Å². The van der Waals surface area contributed by atoms with Crippen LogP contribution in [0.4, 0.5) is 4.79 Å². The third kappa shape index (κ3) is 3.70. The van der Waals surface area contributed by atoms with Crippen molar-refractivity contribution < 1.29 is 4.79 Å². The van der Waals surface area contributed by atoms with Crippen LogP contribution in [-0.2, 0) is 0 Å². The molecule has 0 radical (unpaired) electrons. The SMILES string of the molecule is CC1CN(C(=O)NC(C)(C)C)C(C)CN1. The van der Waals surface area contributed by atoms with Gasteiger partial charge in [0.15, 0.2) is 0 Å². The highest BCUT2D eigenvalue weighted by atomic mass is 16.2. The largest absolute Gasteiger partial charge is 0.333 e. The Morgan fingerprint density at radius 2 is 2.00 bits per heavy atom. The number of carbonyl (C=O) groups is 1. The van der Waals surface area contributed by atoms with Gasteiger partial charge in [-0.1, -0.05) is 0 Å². The molecule has 1 aliphatic heterocycles. The molecule has 4 heteroatoms. The summed E-state index contributed by atoms with van der Waals surface area (Å²) in [6.45, 7) is 11.8. The van der Waals surface area contributed by atoms with E-state index in [4.69, 9.17) is 0 Å². The summed E-state index contributed by atoms with van der Waals surface area (Å²) in [5, 5.41) is 6.36. The van der Waals surface area contributed by atoms with E-state index in [2.05, 4.69) is 24.5 Å². The van der Waals surface area contributed by atoms with Crippen molar-refractivity contribution in [2.24, 2.45) is 0 Å². The molecule has 1 rings (SSSR count). The molecule has 0 aliphatic carbocycles. The zero-order valence-corrected chi connectivity index (χ0v) is 10.4. The molecule has 1 fully saturated rings. The minimum atomic E-state index is -0.162. The lowest BCUT2D eigenvalue weighted by atomic mass is 10.1. The summed E-state index contributed by atoms with van der Waals surface area (Å²) < 4.78 is 0. The number of urea groups is 1. The van der Waals surface area contributed by atoms with Crippen molar-refractivity contribution in [2.75, 3.05) is 13.1 Å². The molecule has 15 heavy (non-hydrogen) atoms. The normalized spacial score (nSPS) is 27.7. The fourth-order valence-corrected chi connectivity index (χ4v) is 1.70. The Kier molecular flexibility index (Phi) is 3.60. The van der Waals surface area contributed by atoms with Gasteiger partial charge in [0.25, 0.3) is 0 Å². The smallest absolute Gasteiger partial charge is 0.318 e. The molecule has 1 saturated heterocycles. The fourth-order valence-electron chi connectivity index (χ4n) is 1.70. The van der Waals surface area contributed by atoms with Crippen LogP contribution in [0.25, 0.3) is 0 Å². The van der Waals surface area contributed by atoms with Crippen LogP contribution >= 0.6 is 0 Å². The Labute approximate surface area is 92.4 Å². The van der Waals surface area contributed by atoms with Gasteiger partial charge in [-0.25, -0.2) is 4.79 Å². The number of hydrogen-bond acceptors (Lipinski definition) is 2. The standard InChI is InChI=1S/C11H23N3O/c1-8-7-14(9(2)6-12-8)10(15)13-11(3,4)5/h8-9,12H,6-7H2,1-5H3,(H,13,15). The van der Waals surface area contributed by atoms with Gasteiger partial charge in [-0.2, -0.15) is 0 Å². The van der Waals surface area contributed by atoms with E-state index in [-0.39, 0.29) is 17.6 Å². The maximum atomic E-state index is 12.0. The Hall–Kier alpha value is -0.770. The van der Waals surface area contributed by atoms with E-state index in [0.29, 0.717) is 6.04 Å². The Balaban J connectivity index is 2.57. The average Bonchev–Trinajstić information content (AvgIpc) is 2.06. The summed E-state index contributed by atoms with van der Waals surface area (Å²) in [4.78, 5) is 13.9. The second-order valence-corrected chi connectivity index (χ2v) is 5.49. The lowest BCUT2D eigenvalue weighted by Crippen LogP contribution is -2.60. The van der Waals surface area contributed by atoms with E-state index >= 15 is 0 Å². The molecule has 2 amide bonds. The van der Waals surface area contributed by atoms with Crippen LogP contribution < -0.4 is 10.6 Å². The van der Waals surface area contributed by atoms with Gasteiger partial charge in [-0.3, -0.25) is 0 Å². The molecular formula is C11H23N3O. The zero-order valence-electron chi connectivity index (χ0n) is 10.4. The highest BCUT2D eigenvalue weighted by Crippen LogP contribution is 2.09. The first-order chi connectivity index (χ1) is 6.79. The van der Waals surface area contributed by atoms with Crippen LogP contribution in [0.3, 0.4) is 0 Å². The van der Waals surface area contributed by atoms with Gasteiger partial charge >= 0.3 is 6.03 Å². The highest BCUT2D eigenvalue weighted by molar-refractivity contribution is 5.75. The molecule has 0 bridgehead atoms. The van der Waals surface area contributed by atoms with Crippen molar-refractivity contribution in [2.45, 2.75) is 52.2 Å². The van der Waals surface area contributed by atoms with E-state index in [1.807, 2.05) is 25.7 Å².